The molecule has 13 heavy (non-hydrogen) atoms. The van der Waals surface area contributed by atoms with Crippen LogP contribution >= 0.6 is 12.8 Å². The van der Waals surface area contributed by atoms with Gasteiger partial charge >= 0.3 is 0 Å². The molecule has 0 aromatic heterocycles. The predicted molar refractivity (Wildman–Crippen MR) is 45.9 cm³/mol. The summed E-state index contributed by atoms with van der Waals surface area (Å²) in [5, 5.41) is 36.7. The van der Waals surface area contributed by atoms with E-state index in [1.165, 1.54) is 0 Å². The Kier molecular flexibility index (Phi) is 3.92. The molecule has 1 aliphatic rings. The van der Waals surface area contributed by atoms with Crippen molar-refractivity contribution in [3.8, 4) is 0 Å². The molecule has 0 spiro atoms. The van der Waals surface area contributed by atoms with E-state index < -0.39 is 37.3 Å². The molecule has 0 bridgehead atoms. The van der Waals surface area contributed by atoms with Gasteiger partial charge in [-0.1, -0.05) is 12.8 Å². The molecule has 1 saturated heterocycles. The highest BCUT2D eigenvalue weighted by Gasteiger charge is 2.42. The Bertz CT molecular complexity index is 171. The Morgan fingerprint density at radius 3 is 2.31 bits per heavy atom. The Morgan fingerprint density at radius 2 is 1.85 bits per heavy atom. The van der Waals surface area contributed by atoms with Gasteiger partial charge in [0.05, 0.1) is 12.6 Å². The van der Waals surface area contributed by atoms with Crippen LogP contribution in [0.2, 0.25) is 0 Å². The van der Waals surface area contributed by atoms with Crippen LogP contribution in [0.25, 0.3) is 0 Å². The van der Waals surface area contributed by atoms with Crippen molar-refractivity contribution < 1.29 is 25.2 Å². The smallest absolute Gasteiger partial charge is 0.174 e. The van der Waals surface area contributed by atoms with Crippen molar-refractivity contribution in [2.45, 2.75) is 30.6 Å². The van der Waals surface area contributed by atoms with Gasteiger partial charge in [-0.2, -0.15) is 0 Å². The van der Waals surface area contributed by atoms with Crippen molar-refractivity contribution >= 4 is 12.8 Å². The van der Waals surface area contributed by atoms with Crippen LogP contribution in [0, 0.1) is 0 Å². The molecular weight excluding hydrogens is 198 g/mol. The van der Waals surface area contributed by atoms with Gasteiger partial charge in [0.2, 0.25) is 0 Å². The molecule has 0 aliphatic carbocycles. The van der Waals surface area contributed by atoms with Crippen LogP contribution in [-0.2, 0) is 4.74 Å². The average molecular weight is 211 g/mol. The highest BCUT2D eigenvalue weighted by atomic mass is 32.1. The molecule has 0 amide bonds. The van der Waals surface area contributed by atoms with Crippen LogP contribution in [0.5, 0.6) is 0 Å². The van der Waals surface area contributed by atoms with Crippen LogP contribution in [-0.4, -0.2) is 57.7 Å². The lowest BCUT2D eigenvalue weighted by atomic mass is 9.98. The number of nitrogens with one attached hydrogen (secondary N) is 1. The molecule has 7 heteroatoms. The zero-order valence-electron chi connectivity index (χ0n) is 6.74. The fourth-order valence-corrected chi connectivity index (χ4v) is 1.52. The first-order chi connectivity index (χ1) is 6.11. The molecule has 78 valence electrons. The van der Waals surface area contributed by atoms with Gasteiger partial charge in [0, 0.05) is 0 Å². The first kappa shape index (κ1) is 11.2. The second-order valence-electron chi connectivity index (χ2n) is 2.88. The van der Waals surface area contributed by atoms with E-state index in [9.17, 15) is 15.3 Å². The Hall–Kier alpha value is 0.110. The summed E-state index contributed by atoms with van der Waals surface area (Å²) in [5.41, 5.74) is 0. The van der Waals surface area contributed by atoms with E-state index in [-0.39, 0.29) is 0 Å². The van der Waals surface area contributed by atoms with E-state index in [2.05, 4.69) is 17.5 Å². The maximum Gasteiger partial charge on any atom is 0.174 e. The number of aliphatic hydroxyl groups is 4. The Balaban J connectivity index is 2.66. The molecule has 0 radical (unpaired) electrons. The summed E-state index contributed by atoms with van der Waals surface area (Å²) >= 11 is 3.66. The molecule has 0 saturated carbocycles. The summed E-state index contributed by atoms with van der Waals surface area (Å²) in [6.07, 6.45) is -4.73. The summed E-state index contributed by atoms with van der Waals surface area (Å²) < 4.78 is 7.11. The third kappa shape index (κ3) is 2.13. The van der Waals surface area contributed by atoms with Gasteiger partial charge in [0.1, 0.15) is 18.3 Å². The Morgan fingerprint density at radius 1 is 1.23 bits per heavy atom. The predicted octanol–water partition coefficient (Wildman–Crippen LogP) is -2.78. The molecule has 1 unspecified atom stereocenters. The van der Waals surface area contributed by atoms with E-state index in [4.69, 9.17) is 9.84 Å². The highest BCUT2D eigenvalue weighted by Crippen LogP contribution is 2.19. The van der Waals surface area contributed by atoms with Gasteiger partial charge in [-0.15, -0.1) is 0 Å². The molecular formula is C6H13NO5S. The van der Waals surface area contributed by atoms with Crippen molar-refractivity contribution in [1.29, 1.82) is 0 Å². The summed E-state index contributed by atoms with van der Waals surface area (Å²) in [7, 11) is 0. The largest absolute Gasteiger partial charge is 0.394 e. The lowest BCUT2D eigenvalue weighted by Crippen LogP contribution is -2.61. The minimum absolute atomic E-state index is 0.464. The van der Waals surface area contributed by atoms with Crippen molar-refractivity contribution in [3.63, 3.8) is 0 Å². The van der Waals surface area contributed by atoms with E-state index in [1.54, 1.807) is 0 Å². The first-order valence-corrected chi connectivity index (χ1v) is 4.26. The van der Waals surface area contributed by atoms with Crippen LogP contribution in [0.4, 0.5) is 0 Å². The average Bonchev–Trinajstić information content (AvgIpc) is 2.12. The summed E-state index contributed by atoms with van der Waals surface area (Å²) in [6.45, 7) is -0.464. The molecule has 1 aliphatic heterocycles. The maximum atomic E-state index is 9.40. The van der Waals surface area contributed by atoms with Crippen molar-refractivity contribution in [3.05, 3.63) is 0 Å². The van der Waals surface area contributed by atoms with Crippen LogP contribution < -0.4 is 4.72 Å². The molecule has 1 fully saturated rings. The van der Waals surface area contributed by atoms with E-state index >= 15 is 0 Å². The number of aliphatic hydroxyl groups excluding tert-OH is 4. The van der Waals surface area contributed by atoms with Crippen LogP contribution in [0.1, 0.15) is 0 Å². The molecule has 0 aromatic carbocycles. The zero-order chi connectivity index (χ0) is 10.0. The number of thiol groups is 1. The van der Waals surface area contributed by atoms with Gasteiger partial charge < -0.3 is 25.2 Å². The minimum Gasteiger partial charge on any atom is -0.394 e. The summed E-state index contributed by atoms with van der Waals surface area (Å²) in [5.74, 6) is 0. The number of ether oxygens (including phenoxy) is 1. The molecule has 6 nitrogen and oxygen atoms in total. The lowest BCUT2D eigenvalue weighted by molar-refractivity contribution is -0.251. The molecule has 5 atom stereocenters. The summed E-state index contributed by atoms with van der Waals surface area (Å²) in [4.78, 5) is 0. The fraction of sp³-hybridized carbons (Fsp3) is 1.00. The standard InChI is InChI=1S/C6H13NO5S/c8-1-2-4(9)5(10)3(7-13)6(11)12-2/h2-11,13H,1H2/t2-,3+,4-,5-,6?/m1/s1. The number of rotatable bonds is 2. The van der Waals surface area contributed by atoms with Gasteiger partial charge in [-0.3, -0.25) is 4.72 Å². The minimum atomic E-state index is -1.30. The van der Waals surface area contributed by atoms with Crippen molar-refractivity contribution in [1.82, 2.24) is 4.72 Å². The first-order valence-electron chi connectivity index (χ1n) is 3.82. The Labute approximate surface area is 80.7 Å². The SMILES string of the molecule is OC[C@H]1OC(O)[C@@H](NS)[C@@H](O)[C@@H]1O. The topological polar surface area (TPSA) is 102 Å². The summed E-state index contributed by atoms with van der Waals surface area (Å²) in [6, 6.07) is -0.874. The quantitative estimate of drug-likeness (QED) is 0.276. The molecule has 5 N–H and O–H groups in total. The molecule has 1 rings (SSSR count). The third-order valence-corrected chi connectivity index (χ3v) is 2.35. The normalized spacial score (nSPS) is 46.4. The van der Waals surface area contributed by atoms with E-state index in [1.807, 2.05) is 0 Å². The monoisotopic (exact) mass is 211 g/mol. The highest BCUT2D eigenvalue weighted by molar-refractivity contribution is 7.78. The number of hydrogen-bond donors (Lipinski definition) is 6. The molecule has 1 heterocycles. The fourth-order valence-electron chi connectivity index (χ4n) is 1.24. The van der Waals surface area contributed by atoms with Gasteiger partial charge in [-0.25, -0.2) is 0 Å². The molecule has 0 aromatic rings. The second kappa shape index (κ2) is 4.56. The number of hydrogen-bond acceptors (Lipinski definition) is 7. The van der Waals surface area contributed by atoms with Crippen molar-refractivity contribution in [2.75, 3.05) is 6.61 Å². The third-order valence-electron chi connectivity index (χ3n) is 2.05. The lowest BCUT2D eigenvalue weighted by Gasteiger charge is -2.39. The van der Waals surface area contributed by atoms with Crippen molar-refractivity contribution in [2.24, 2.45) is 0 Å². The van der Waals surface area contributed by atoms with Gasteiger partial charge in [0.25, 0.3) is 0 Å². The van der Waals surface area contributed by atoms with E-state index in [0.29, 0.717) is 0 Å². The van der Waals surface area contributed by atoms with Gasteiger partial charge in [-0.05, 0) is 0 Å². The van der Waals surface area contributed by atoms with Crippen LogP contribution in [0.3, 0.4) is 0 Å². The second-order valence-corrected chi connectivity index (χ2v) is 3.14. The van der Waals surface area contributed by atoms with Gasteiger partial charge in [0.15, 0.2) is 6.29 Å². The maximum absolute atomic E-state index is 9.40. The van der Waals surface area contributed by atoms with Crippen LogP contribution in [0.15, 0.2) is 0 Å². The van der Waals surface area contributed by atoms with E-state index in [0.717, 1.165) is 0 Å². The zero-order valence-corrected chi connectivity index (χ0v) is 7.63.